The van der Waals surface area contributed by atoms with Gasteiger partial charge in [-0.25, -0.2) is 0 Å². The number of benzene rings is 3. The predicted molar refractivity (Wildman–Crippen MR) is 107 cm³/mol. The standard InChI is InChI=1S/C22H21I2/c1-16-4-10-19(11-5-16)22(24-23,20-12-6-17(2)7-13-20)21-14-8-18(3)9-15-21/h4-15H,1-3H3/q-1. The Morgan fingerprint density at radius 1 is 0.542 bits per heavy atom. The van der Waals surface area contributed by atoms with Gasteiger partial charge < -0.3 is 0 Å². The van der Waals surface area contributed by atoms with E-state index in [1.54, 1.807) is 0 Å². The first-order valence-corrected chi connectivity index (χ1v) is 15.4. The van der Waals surface area contributed by atoms with E-state index in [2.05, 4.69) is 112 Å². The average molecular weight is 539 g/mol. The van der Waals surface area contributed by atoms with Crippen LogP contribution in [-0.4, -0.2) is 0 Å². The number of hydrogen-bond donors (Lipinski definition) is 0. The number of halogens is 2. The molecule has 0 unspecified atom stereocenters. The number of aryl methyl sites for hydroxylation is 3. The fourth-order valence-electron chi connectivity index (χ4n) is 2.97. The monoisotopic (exact) mass is 539 g/mol. The third-order valence-corrected chi connectivity index (χ3v) is 11.0. The van der Waals surface area contributed by atoms with Gasteiger partial charge in [0.1, 0.15) is 0 Å². The molecule has 0 aromatic heterocycles. The Balaban J connectivity index is 2.27. The first-order valence-electron chi connectivity index (χ1n) is 8.05. The quantitative estimate of drug-likeness (QED) is 0.271. The first-order chi connectivity index (χ1) is 11.6. The van der Waals surface area contributed by atoms with Crippen LogP contribution in [0.15, 0.2) is 72.8 Å². The summed E-state index contributed by atoms with van der Waals surface area (Å²) in [5.41, 5.74) is 8.15. The Bertz CT molecular complexity index is 689. The molecule has 0 aliphatic heterocycles. The van der Waals surface area contributed by atoms with Gasteiger partial charge in [0, 0.05) is 0 Å². The Hall–Kier alpha value is -0.880. The van der Waals surface area contributed by atoms with Crippen molar-refractivity contribution in [1.82, 2.24) is 0 Å². The molecule has 2 heteroatoms. The van der Waals surface area contributed by atoms with Crippen molar-refractivity contribution < 1.29 is 17.2 Å². The van der Waals surface area contributed by atoms with Crippen LogP contribution in [-0.2, 0) is 3.42 Å². The summed E-state index contributed by atoms with van der Waals surface area (Å²) < 4.78 is -0.00542. The van der Waals surface area contributed by atoms with E-state index in [4.69, 9.17) is 0 Å². The van der Waals surface area contributed by atoms with Gasteiger partial charge in [-0.05, 0) is 0 Å². The minimum absolute atomic E-state index is 0.00542. The average Bonchev–Trinajstić information content (AvgIpc) is 2.60. The molecule has 0 atom stereocenters. The molecule has 3 aromatic carbocycles. The predicted octanol–water partition coefficient (Wildman–Crippen LogP) is 3.34. The second-order valence-corrected chi connectivity index (χ2v) is 11.1. The fourth-order valence-corrected chi connectivity index (χ4v) is 9.50. The van der Waals surface area contributed by atoms with Gasteiger partial charge in [0.05, 0.1) is 0 Å². The van der Waals surface area contributed by atoms with Crippen molar-refractivity contribution >= 4 is 18.6 Å². The Labute approximate surface area is 165 Å². The molecule has 124 valence electrons. The second-order valence-electron chi connectivity index (χ2n) is 6.33. The maximum atomic E-state index is 2.65. The van der Waals surface area contributed by atoms with Crippen LogP contribution in [0.3, 0.4) is 0 Å². The molecule has 0 bridgehead atoms. The Morgan fingerprint density at radius 3 is 1.00 bits per heavy atom. The van der Waals surface area contributed by atoms with Crippen LogP contribution in [0, 0.1) is 20.8 Å². The van der Waals surface area contributed by atoms with E-state index in [9.17, 15) is 0 Å². The van der Waals surface area contributed by atoms with Crippen LogP contribution in [0.5, 0.6) is 0 Å². The Morgan fingerprint density at radius 2 is 0.792 bits per heavy atom. The molecule has 0 spiro atoms. The fraction of sp³-hybridized carbons (Fsp3) is 0.182. The van der Waals surface area contributed by atoms with Gasteiger partial charge in [0.2, 0.25) is 0 Å². The zero-order valence-electron chi connectivity index (χ0n) is 14.2. The van der Waals surface area contributed by atoms with E-state index in [0.29, 0.717) is 0 Å². The molecule has 0 aliphatic carbocycles. The van der Waals surface area contributed by atoms with E-state index < -0.39 is 0 Å². The van der Waals surface area contributed by atoms with E-state index in [1.165, 1.54) is 33.4 Å². The molecule has 24 heavy (non-hydrogen) atoms. The summed E-state index contributed by atoms with van der Waals surface area (Å²) >= 11 is 2.51. The van der Waals surface area contributed by atoms with Crippen LogP contribution in [0.2, 0.25) is 0 Å². The van der Waals surface area contributed by atoms with Crippen molar-refractivity contribution in [3.05, 3.63) is 106 Å². The van der Waals surface area contributed by atoms with Gasteiger partial charge in [-0.1, -0.05) is 0 Å². The van der Waals surface area contributed by atoms with E-state index >= 15 is 0 Å². The van der Waals surface area contributed by atoms with Gasteiger partial charge >= 0.3 is 166 Å². The zero-order chi connectivity index (χ0) is 17.2. The molecule has 0 nitrogen and oxygen atoms in total. The van der Waals surface area contributed by atoms with Gasteiger partial charge in [-0.3, -0.25) is 0 Å². The summed E-state index contributed by atoms with van der Waals surface area (Å²) in [6, 6.07) is 27.3. The van der Waals surface area contributed by atoms with Gasteiger partial charge in [0.25, 0.3) is 0 Å². The molecule has 0 amide bonds. The second kappa shape index (κ2) is 7.56. The van der Waals surface area contributed by atoms with Crippen LogP contribution >= 0.6 is 18.6 Å². The van der Waals surface area contributed by atoms with E-state index in [0.717, 1.165) is 0 Å². The molecular formula is C22H21I2-. The molecular weight excluding hydrogens is 518 g/mol. The summed E-state index contributed by atoms with van der Waals surface area (Å²) in [6.45, 7) is 6.47. The molecule has 3 aromatic rings. The Kier molecular flexibility index (Phi) is 5.65. The van der Waals surface area contributed by atoms with Gasteiger partial charge in [-0.2, -0.15) is 0 Å². The van der Waals surface area contributed by atoms with Crippen LogP contribution in [0.1, 0.15) is 33.4 Å². The molecule has 0 saturated carbocycles. The third-order valence-electron chi connectivity index (χ3n) is 4.46. The molecule has 0 aliphatic rings. The van der Waals surface area contributed by atoms with Crippen LogP contribution in [0.4, 0.5) is 0 Å². The molecule has 0 N–H and O–H groups in total. The van der Waals surface area contributed by atoms with Crippen molar-refractivity contribution in [3.63, 3.8) is 0 Å². The maximum absolute atomic E-state index is 2.65. The SMILES string of the molecule is Cc1ccc(C([I-]I)(c2ccc(C)cc2)c2ccc(C)cc2)cc1. The van der Waals surface area contributed by atoms with Crippen molar-refractivity contribution in [2.45, 2.75) is 24.2 Å². The topological polar surface area (TPSA) is 0 Å². The summed E-state index contributed by atoms with van der Waals surface area (Å²) in [7, 11) is 0. The molecule has 0 radical (unpaired) electrons. The normalized spacial score (nSPS) is 11.7. The summed E-state index contributed by atoms with van der Waals surface area (Å²) in [4.78, 5) is 0. The third kappa shape index (κ3) is 3.40. The molecule has 3 rings (SSSR count). The first kappa shape index (κ1) is 17.9. The van der Waals surface area contributed by atoms with E-state index in [1.807, 2.05) is 0 Å². The van der Waals surface area contributed by atoms with Crippen LogP contribution in [0.25, 0.3) is 0 Å². The van der Waals surface area contributed by atoms with Crippen molar-refractivity contribution in [1.29, 1.82) is 0 Å². The minimum atomic E-state index is -0.141. The summed E-state index contributed by atoms with van der Waals surface area (Å²) in [5, 5.41) is 0. The van der Waals surface area contributed by atoms with Gasteiger partial charge in [0.15, 0.2) is 0 Å². The number of rotatable bonds is 4. The molecule has 0 heterocycles. The van der Waals surface area contributed by atoms with Gasteiger partial charge in [-0.15, -0.1) is 0 Å². The van der Waals surface area contributed by atoms with Crippen molar-refractivity contribution in [3.8, 4) is 0 Å². The molecule has 0 fully saturated rings. The molecule has 0 saturated heterocycles. The van der Waals surface area contributed by atoms with Crippen LogP contribution < -0.4 is 17.2 Å². The number of alkyl halides is 1. The van der Waals surface area contributed by atoms with Crippen molar-refractivity contribution in [2.24, 2.45) is 0 Å². The van der Waals surface area contributed by atoms with E-state index in [-0.39, 0.29) is 20.7 Å². The van der Waals surface area contributed by atoms with Crippen molar-refractivity contribution in [2.75, 3.05) is 0 Å². The zero-order valence-corrected chi connectivity index (χ0v) is 18.5. The summed E-state index contributed by atoms with van der Waals surface area (Å²) in [5.74, 6) is 0. The summed E-state index contributed by atoms with van der Waals surface area (Å²) in [6.07, 6.45) is 0. The number of hydrogen-bond acceptors (Lipinski definition) is 0.